The van der Waals surface area contributed by atoms with Gasteiger partial charge in [0.05, 0.1) is 11.8 Å². The first-order valence-electron chi connectivity index (χ1n) is 6.59. The Morgan fingerprint density at radius 2 is 2.16 bits per heavy atom. The van der Waals surface area contributed by atoms with Crippen molar-refractivity contribution in [3.8, 4) is 5.75 Å². The number of hydrogen-bond acceptors (Lipinski definition) is 4. The van der Waals surface area contributed by atoms with Gasteiger partial charge in [-0.15, -0.1) is 0 Å². The predicted octanol–water partition coefficient (Wildman–Crippen LogP) is 1.25. The van der Waals surface area contributed by atoms with Crippen molar-refractivity contribution in [1.29, 1.82) is 0 Å². The minimum atomic E-state index is -0.177. The minimum absolute atomic E-state index is 0.0122. The van der Waals surface area contributed by atoms with E-state index in [-0.39, 0.29) is 17.1 Å². The standard InChI is InChI=1S/C14H21N3O2/c1-14(3-5-17(2)6-4-14)10-16-13(19)11-7-12(18)9-15-8-11/h7-9,18H,3-6,10H2,1-2H3,(H,16,19). The molecular weight excluding hydrogens is 242 g/mol. The van der Waals surface area contributed by atoms with Gasteiger partial charge in [0, 0.05) is 12.7 Å². The van der Waals surface area contributed by atoms with Gasteiger partial charge in [-0.2, -0.15) is 0 Å². The second-order valence-electron chi connectivity index (χ2n) is 5.73. The van der Waals surface area contributed by atoms with Gasteiger partial charge >= 0.3 is 0 Å². The largest absolute Gasteiger partial charge is 0.506 e. The summed E-state index contributed by atoms with van der Waals surface area (Å²) >= 11 is 0. The molecule has 2 rings (SSSR count). The summed E-state index contributed by atoms with van der Waals surface area (Å²) in [7, 11) is 2.12. The topological polar surface area (TPSA) is 65.5 Å². The average molecular weight is 263 g/mol. The van der Waals surface area contributed by atoms with Gasteiger partial charge in [-0.3, -0.25) is 9.78 Å². The lowest BCUT2D eigenvalue weighted by atomic mass is 9.80. The molecule has 5 heteroatoms. The number of carbonyl (C=O) groups is 1. The van der Waals surface area contributed by atoms with Crippen LogP contribution in [-0.2, 0) is 0 Å². The average Bonchev–Trinajstić information content (AvgIpc) is 2.40. The van der Waals surface area contributed by atoms with E-state index in [1.165, 1.54) is 18.5 Å². The Labute approximate surface area is 113 Å². The molecule has 2 N–H and O–H groups in total. The summed E-state index contributed by atoms with van der Waals surface area (Å²) in [5.74, 6) is -0.165. The van der Waals surface area contributed by atoms with E-state index < -0.39 is 0 Å². The minimum Gasteiger partial charge on any atom is -0.506 e. The van der Waals surface area contributed by atoms with Crippen molar-refractivity contribution in [2.75, 3.05) is 26.7 Å². The summed E-state index contributed by atoms with van der Waals surface area (Å²) in [5, 5.41) is 12.3. The molecule has 19 heavy (non-hydrogen) atoms. The second-order valence-corrected chi connectivity index (χ2v) is 5.73. The van der Waals surface area contributed by atoms with Crippen LogP contribution in [0.2, 0.25) is 0 Å². The molecular formula is C14H21N3O2. The van der Waals surface area contributed by atoms with Crippen molar-refractivity contribution in [2.24, 2.45) is 5.41 Å². The highest BCUT2D eigenvalue weighted by atomic mass is 16.3. The molecule has 1 amide bonds. The van der Waals surface area contributed by atoms with Gasteiger partial charge in [-0.25, -0.2) is 0 Å². The maximum atomic E-state index is 12.0. The summed E-state index contributed by atoms with van der Waals surface area (Å²) in [6.07, 6.45) is 4.95. The number of rotatable bonds is 3. The lowest BCUT2D eigenvalue weighted by molar-refractivity contribution is 0.0891. The number of carbonyl (C=O) groups excluding carboxylic acids is 1. The Kier molecular flexibility index (Phi) is 4.04. The number of nitrogens with zero attached hydrogens (tertiary/aromatic N) is 2. The third-order valence-electron chi connectivity index (χ3n) is 3.86. The first kappa shape index (κ1) is 13.8. The molecule has 1 aromatic rings. The molecule has 1 aliphatic rings. The number of pyridine rings is 1. The Bertz CT molecular complexity index is 454. The van der Waals surface area contributed by atoms with Gasteiger partial charge in [-0.1, -0.05) is 6.92 Å². The molecule has 1 aromatic heterocycles. The zero-order valence-corrected chi connectivity index (χ0v) is 11.5. The maximum Gasteiger partial charge on any atom is 0.253 e. The van der Waals surface area contributed by atoms with Gasteiger partial charge in [0.2, 0.25) is 0 Å². The molecule has 2 heterocycles. The van der Waals surface area contributed by atoms with E-state index in [0.29, 0.717) is 12.1 Å². The fourth-order valence-electron chi connectivity index (χ4n) is 2.28. The molecule has 0 aromatic carbocycles. The highest BCUT2D eigenvalue weighted by molar-refractivity contribution is 5.94. The van der Waals surface area contributed by atoms with Crippen LogP contribution in [0.4, 0.5) is 0 Å². The van der Waals surface area contributed by atoms with Crippen LogP contribution >= 0.6 is 0 Å². The van der Waals surface area contributed by atoms with E-state index in [0.717, 1.165) is 25.9 Å². The molecule has 1 saturated heterocycles. The zero-order chi connectivity index (χ0) is 13.9. The molecule has 0 radical (unpaired) electrons. The van der Waals surface area contributed by atoms with Crippen LogP contribution < -0.4 is 5.32 Å². The predicted molar refractivity (Wildman–Crippen MR) is 73.1 cm³/mol. The fraction of sp³-hybridized carbons (Fsp3) is 0.571. The van der Waals surface area contributed by atoms with Crippen LogP contribution in [0.1, 0.15) is 30.1 Å². The Hall–Kier alpha value is -1.62. The highest BCUT2D eigenvalue weighted by Crippen LogP contribution is 2.29. The smallest absolute Gasteiger partial charge is 0.253 e. The van der Waals surface area contributed by atoms with E-state index in [1.807, 2.05) is 0 Å². The maximum absolute atomic E-state index is 12.0. The first-order valence-corrected chi connectivity index (χ1v) is 6.59. The zero-order valence-electron chi connectivity index (χ0n) is 11.5. The van der Waals surface area contributed by atoms with E-state index in [9.17, 15) is 9.90 Å². The molecule has 0 unspecified atom stereocenters. The molecule has 0 spiro atoms. The van der Waals surface area contributed by atoms with Gasteiger partial charge in [-0.05, 0) is 44.5 Å². The number of aromatic nitrogens is 1. The lowest BCUT2D eigenvalue weighted by Gasteiger charge is -2.37. The lowest BCUT2D eigenvalue weighted by Crippen LogP contribution is -2.43. The molecule has 1 aliphatic heterocycles. The number of likely N-dealkylation sites (tertiary alicyclic amines) is 1. The first-order chi connectivity index (χ1) is 8.98. The third-order valence-corrected chi connectivity index (χ3v) is 3.86. The van der Waals surface area contributed by atoms with E-state index in [2.05, 4.69) is 29.2 Å². The molecule has 0 bridgehead atoms. The summed E-state index contributed by atoms with van der Waals surface area (Å²) in [6.45, 7) is 5.01. The summed E-state index contributed by atoms with van der Waals surface area (Å²) < 4.78 is 0. The van der Waals surface area contributed by atoms with Gasteiger partial charge in [0.25, 0.3) is 5.91 Å². The second kappa shape index (κ2) is 5.57. The van der Waals surface area contributed by atoms with E-state index >= 15 is 0 Å². The van der Waals surface area contributed by atoms with E-state index in [1.54, 1.807) is 0 Å². The Morgan fingerprint density at radius 1 is 1.47 bits per heavy atom. The molecule has 1 fully saturated rings. The van der Waals surface area contributed by atoms with Crippen molar-refractivity contribution in [3.05, 3.63) is 24.0 Å². The van der Waals surface area contributed by atoms with Crippen LogP contribution in [0.5, 0.6) is 5.75 Å². The van der Waals surface area contributed by atoms with Crippen LogP contribution in [0.25, 0.3) is 0 Å². The van der Waals surface area contributed by atoms with Crippen LogP contribution in [0.15, 0.2) is 18.5 Å². The van der Waals surface area contributed by atoms with Crippen molar-refractivity contribution in [3.63, 3.8) is 0 Å². The number of amides is 1. The summed E-state index contributed by atoms with van der Waals surface area (Å²) in [4.78, 5) is 18.1. The van der Waals surface area contributed by atoms with Crippen LogP contribution in [0, 0.1) is 5.41 Å². The number of piperidine rings is 1. The van der Waals surface area contributed by atoms with E-state index in [4.69, 9.17) is 0 Å². The van der Waals surface area contributed by atoms with Crippen molar-refractivity contribution >= 4 is 5.91 Å². The highest BCUT2D eigenvalue weighted by Gasteiger charge is 2.29. The molecule has 0 saturated carbocycles. The Balaban J connectivity index is 1.90. The van der Waals surface area contributed by atoms with Crippen molar-refractivity contribution < 1.29 is 9.90 Å². The van der Waals surface area contributed by atoms with Crippen LogP contribution in [-0.4, -0.2) is 47.6 Å². The number of nitrogens with one attached hydrogen (secondary N) is 1. The number of hydrogen-bond donors (Lipinski definition) is 2. The summed E-state index contributed by atoms with van der Waals surface area (Å²) in [6, 6.07) is 1.43. The molecule has 5 nitrogen and oxygen atoms in total. The summed E-state index contributed by atoms with van der Waals surface area (Å²) in [5.41, 5.74) is 0.559. The molecule has 0 atom stereocenters. The quantitative estimate of drug-likeness (QED) is 0.861. The fourth-order valence-corrected chi connectivity index (χ4v) is 2.28. The Morgan fingerprint density at radius 3 is 2.79 bits per heavy atom. The molecule has 0 aliphatic carbocycles. The normalized spacial score (nSPS) is 19.1. The van der Waals surface area contributed by atoms with Gasteiger partial charge < -0.3 is 15.3 Å². The monoisotopic (exact) mass is 263 g/mol. The molecule has 104 valence electrons. The van der Waals surface area contributed by atoms with Gasteiger partial charge in [0.1, 0.15) is 5.75 Å². The van der Waals surface area contributed by atoms with Crippen molar-refractivity contribution in [2.45, 2.75) is 19.8 Å². The van der Waals surface area contributed by atoms with Crippen LogP contribution in [0.3, 0.4) is 0 Å². The third kappa shape index (κ3) is 3.67. The number of aromatic hydroxyl groups is 1. The SMILES string of the molecule is CN1CCC(C)(CNC(=O)c2cncc(O)c2)CC1. The van der Waals surface area contributed by atoms with Crippen molar-refractivity contribution in [1.82, 2.24) is 15.2 Å². The van der Waals surface area contributed by atoms with Gasteiger partial charge in [0.15, 0.2) is 0 Å².